The maximum atomic E-state index is 10.7. The van der Waals surface area contributed by atoms with Crippen LogP contribution in [0.2, 0.25) is 0 Å². The number of hydrogen-bond acceptors (Lipinski definition) is 1. The highest BCUT2D eigenvalue weighted by atomic mass is 16.3. The van der Waals surface area contributed by atoms with Gasteiger partial charge in [-0.2, -0.15) is 0 Å². The highest BCUT2D eigenvalue weighted by Gasteiger charge is 2.46. The van der Waals surface area contributed by atoms with Gasteiger partial charge < -0.3 is 5.11 Å². The molecule has 1 heteroatoms. The van der Waals surface area contributed by atoms with E-state index in [-0.39, 0.29) is 0 Å². The monoisotopic (exact) mass is 208 g/mol. The molecule has 0 saturated heterocycles. The zero-order valence-corrected chi connectivity index (χ0v) is 10.3. The van der Waals surface area contributed by atoms with Crippen molar-refractivity contribution >= 4 is 0 Å². The average molecular weight is 208 g/mol. The fourth-order valence-corrected chi connectivity index (χ4v) is 3.80. The van der Waals surface area contributed by atoms with Gasteiger partial charge in [-0.15, -0.1) is 0 Å². The quantitative estimate of drug-likeness (QED) is 0.688. The van der Waals surface area contributed by atoms with Crippen molar-refractivity contribution < 1.29 is 5.11 Å². The SMILES string of the molecule is CCCC1CC2(C)C=CC1(O)CC(C)C2. The van der Waals surface area contributed by atoms with Gasteiger partial charge >= 0.3 is 0 Å². The predicted octanol–water partition coefficient (Wildman–Crippen LogP) is 3.53. The zero-order valence-electron chi connectivity index (χ0n) is 10.3. The summed E-state index contributed by atoms with van der Waals surface area (Å²) in [5.74, 6) is 1.14. The molecule has 0 aromatic rings. The Morgan fingerprint density at radius 3 is 2.67 bits per heavy atom. The standard InChI is InChI=1S/C14H24O/c1-4-5-12-10-13(3)6-7-14(12,15)9-11(2)8-13/h6-7,11-12,15H,4-5,8-10H2,1-3H3. The van der Waals surface area contributed by atoms with Crippen molar-refractivity contribution in [2.24, 2.45) is 17.3 Å². The molecule has 0 aromatic heterocycles. The molecule has 0 heterocycles. The third kappa shape index (κ3) is 1.99. The second-order valence-electron chi connectivity index (χ2n) is 6.18. The van der Waals surface area contributed by atoms with Crippen LogP contribution < -0.4 is 0 Å². The Kier molecular flexibility index (Phi) is 2.70. The summed E-state index contributed by atoms with van der Waals surface area (Å²) in [6.45, 7) is 6.86. The molecule has 0 aliphatic heterocycles. The molecule has 1 fully saturated rings. The van der Waals surface area contributed by atoms with E-state index < -0.39 is 5.60 Å². The van der Waals surface area contributed by atoms with Crippen molar-refractivity contribution in [1.82, 2.24) is 0 Å². The van der Waals surface area contributed by atoms with Crippen LogP contribution in [0.5, 0.6) is 0 Å². The summed E-state index contributed by atoms with van der Waals surface area (Å²) in [6, 6.07) is 0. The Hall–Kier alpha value is -0.300. The maximum absolute atomic E-state index is 10.7. The van der Waals surface area contributed by atoms with E-state index in [1.807, 2.05) is 0 Å². The Morgan fingerprint density at radius 2 is 2.00 bits per heavy atom. The van der Waals surface area contributed by atoms with Gasteiger partial charge in [-0.1, -0.05) is 39.3 Å². The summed E-state index contributed by atoms with van der Waals surface area (Å²) < 4.78 is 0. The van der Waals surface area contributed by atoms with E-state index in [1.165, 1.54) is 25.7 Å². The van der Waals surface area contributed by atoms with E-state index in [0.29, 0.717) is 17.3 Å². The van der Waals surface area contributed by atoms with E-state index in [9.17, 15) is 5.11 Å². The minimum atomic E-state index is -0.495. The lowest BCUT2D eigenvalue weighted by molar-refractivity contribution is -0.00111. The molecule has 4 unspecified atom stereocenters. The minimum Gasteiger partial charge on any atom is -0.385 e. The van der Waals surface area contributed by atoms with Crippen molar-refractivity contribution in [3.05, 3.63) is 12.2 Å². The van der Waals surface area contributed by atoms with Gasteiger partial charge in [-0.05, 0) is 42.9 Å². The number of aliphatic hydroxyl groups is 1. The van der Waals surface area contributed by atoms with Crippen LogP contribution in [-0.4, -0.2) is 10.7 Å². The Bertz CT molecular complexity index is 271. The third-order valence-electron chi connectivity index (χ3n) is 4.32. The van der Waals surface area contributed by atoms with Crippen LogP contribution in [0, 0.1) is 17.3 Å². The first kappa shape index (κ1) is 11.2. The predicted molar refractivity (Wildman–Crippen MR) is 63.6 cm³/mol. The number of rotatable bonds is 2. The second-order valence-corrected chi connectivity index (χ2v) is 6.18. The number of fused-ring (bicyclic) bond motifs is 3. The van der Waals surface area contributed by atoms with Crippen LogP contribution in [0.3, 0.4) is 0 Å². The zero-order chi connectivity index (χ0) is 11.1. The van der Waals surface area contributed by atoms with Crippen LogP contribution in [0.15, 0.2) is 12.2 Å². The molecular formula is C14H24O. The second kappa shape index (κ2) is 3.62. The molecule has 3 aliphatic carbocycles. The number of hydrogen-bond donors (Lipinski definition) is 1. The summed E-state index contributed by atoms with van der Waals surface area (Å²) in [5.41, 5.74) is -0.145. The van der Waals surface area contributed by atoms with E-state index in [0.717, 1.165) is 6.42 Å². The molecule has 3 aliphatic rings. The van der Waals surface area contributed by atoms with Gasteiger partial charge in [0.1, 0.15) is 0 Å². The van der Waals surface area contributed by atoms with E-state index in [4.69, 9.17) is 0 Å². The highest BCUT2D eigenvalue weighted by molar-refractivity contribution is 5.18. The highest BCUT2D eigenvalue weighted by Crippen LogP contribution is 2.51. The molecule has 1 N–H and O–H groups in total. The molecule has 0 radical (unpaired) electrons. The van der Waals surface area contributed by atoms with E-state index >= 15 is 0 Å². The van der Waals surface area contributed by atoms with Gasteiger partial charge in [0.25, 0.3) is 0 Å². The lowest BCUT2D eigenvalue weighted by atomic mass is 9.69. The molecule has 1 nitrogen and oxygen atoms in total. The van der Waals surface area contributed by atoms with E-state index in [1.54, 1.807) is 0 Å². The van der Waals surface area contributed by atoms with Gasteiger partial charge in [0.2, 0.25) is 0 Å². The molecule has 3 rings (SSSR count). The van der Waals surface area contributed by atoms with Gasteiger partial charge in [-0.25, -0.2) is 0 Å². The summed E-state index contributed by atoms with van der Waals surface area (Å²) >= 11 is 0. The fourth-order valence-electron chi connectivity index (χ4n) is 3.80. The summed E-state index contributed by atoms with van der Waals surface area (Å²) in [4.78, 5) is 0. The van der Waals surface area contributed by atoms with Crippen LogP contribution in [0.4, 0.5) is 0 Å². The average Bonchev–Trinajstić information content (AvgIpc) is 2.28. The molecular weight excluding hydrogens is 184 g/mol. The fraction of sp³-hybridized carbons (Fsp3) is 0.857. The third-order valence-corrected chi connectivity index (χ3v) is 4.32. The smallest absolute Gasteiger partial charge is 0.0858 e. The molecule has 0 aromatic carbocycles. The lowest BCUT2D eigenvalue weighted by Crippen LogP contribution is -2.39. The molecule has 15 heavy (non-hydrogen) atoms. The number of allylic oxidation sites excluding steroid dienone is 1. The molecule has 1 saturated carbocycles. The Morgan fingerprint density at radius 1 is 1.27 bits per heavy atom. The molecule has 2 bridgehead atoms. The maximum Gasteiger partial charge on any atom is 0.0858 e. The van der Waals surface area contributed by atoms with Gasteiger partial charge in [-0.3, -0.25) is 0 Å². The van der Waals surface area contributed by atoms with Crippen molar-refractivity contribution in [2.75, 3.05) is 0 Å². The molecule has 0 spiro atoms. The summed E-state index contributed by atoms with van der Waals surface area (Å²) in [7, 11) is 0. The van der Waals surface area contributed by atoms with Crippen LogP contribution in [-0.2, 0) is 0 Å². The Labute approximate surface area is 93.6 Å². The summed E-state index contributed by atoms with van der Waals surface area (Å²) in [6.07, 6.45) is 10.1. The van der Waals surface area contributed by atoms with Crippen LogP contribution in [0.25, 0.3) is 0 Å². The lowest BCUT2D eigenvalue weighted by Gasteiger charge is -2.40. The van der Waals surface area contributed by atoms with Gasteiger partial charge in [0, 0.05) is 0 Å². The topological polar surface area (TPSA) is 20.2 Å². The van der Waals surface area contributed by atoms with Crippen LogP contribution in [0.1, 0.15) is 52.9 Å². The van der Waals surface area contributed by atoms with Crippen LogP contribution >= 0.6 is 0 Å². The largest absolute Gasteiger partial charge is 0.385 e. The van der Waals surface area contributed by atoms with Crippen molar-refractivity contribution in [2.45, 2.75) is 58.5 Å². The first-order valence-corrected chi connectivity index (χ1v) is 6.40. The molecule has 86 valence electrons. The van der Waals surface area contributed by atoms with Gasteiger partial charge in [0.15, 0.2) is 0 Å². The molecule has 4 atom stereocenters. The first-order valence-electron chi connectivity index (χ1n) is 6.40. The Balaban J connectivity index is 2.29. The minimum absolute atomic E-state index is 0.349. The van der Waals surface area contributed by atoms with Gasteiger partial charge in [0.05, 0.1) is 5.60 Å². The van der Waals surface area contributed by atoms with Crippen molar-refractivity contribution in [3.63, 3.8) is 0 Å². The summed E-state index contributed by atoms with van der Waals surface area (Å²) in [5, 5.41) is 10.7. The van der Waals surface area contributed by atoms with Crippen molar-refractivity contribution in [1.29, 1.82) is 0 Å². The normalized spacial score (nSPS) is 49.3. The van der Waals surface area contributed by atoms with Crippen molar-refractivity contribution in [3.8, 4) is 0 Å². The first-order chi connectivity index (χ1) is 6.97. The van der Waals surface area contributed by atoms with E-state index in [2.05, 4.69) is 32.9 Å². The molecule has 0 amide bonds.